The maximum Gasteiger partial charge on any atom is 0.230 e. The average Bonchev–Trinajstić information content (AvgIpc) is 2.73. The molecule has 0 aliphatic heterocycles. The molecule has 0 saturated heterocycles. The Balaban J connectivity index is 2.18. The molecule has 0 bridgehead atoms. The second-order valence-corrected chi connectivity index (χ2v) is 6.92. The minimum absolute atomic E-state index is 0.0493. The van der Waals surface area contributed by atoms with Crippen LogP contribution in [-0.2, 0) is 10.5 Å². The number of thioether (sulfide) groups is 1. The summed E-state index contributed by atoms with van der Waals surface area (Å²) in [6.07, 6.45) is 0. The Morgan fingerprint density at radius 1 is 1.61 bits per heavy atom. The van der Waals surface area contributed by atoms with Gasteiger partial charge in [0.1, 0.15) is 5.60 Å². The largest absolute Gasteiger partial charge is 0.393 e. The lowest BCUT2D eigenvalue weighted by Crippen LogP contribution is -2.43. The third-order valence-electron chi connectivity index (χ3n) is 2.11. The van der Waals surface area contributed by atoms with Gasteiger partial charge in [0.2, 0.25) is 5.91 Å². The van der Waals surface area contributed by atoms with E-state index >= 15 is 0 Å². The van der Waals surface area contributed by atoms with E-state index in [0.717, 1.165) is 15.0 Å². The van der Waals surface area contributed by atoms with Crippen molar-refractivity contribution in [1.82, 2.24) is 5.32 Å². The van der Waals surface area contributed by atoms with Crippen LogP contribution in [0.5, 0.6) is 0 Å². The highest BCUT2D eigenvalue weighted by atomic mass is 35.5. The van der Waals surface area contributed by atoms with Crippen LogP contribution in [0.4, 0.5) is 0 Å². The fourth-order valence-electron chi connectivity index (χ4n) is 1.07. The third kappa shape index (κ3) is 6.06. The zero-order chi connectivity index (χ0) is 13.6. The van der Waals surface area contributed by atoms with E-state index < -0.39 is 5.60 Å². The monoisotopic (exact) mass is 309 g/mol. The summed E-state index contributed by atoms with van der Waals surface area (Å²) in [5, 5.41) is 20.9. The molecular formula is C11H16ClNO3S2. The van der Waals surface area contributed by atoms with E-state index in [4.69, 9.17) is 16.7 Å². The zero-order valence-corrected chi connectivity index (χ0v) is 12.4. The number of nitrogens with one attached hydrogen (secondary N) is 1. The van der Waals surface area contributed by atoms with E-state index in [9.17, 15) is 9.90 Å². The van der Waals surface area contributed by atoms with Crippen molar-refractivity contribution in [1.29, 1.82) is 0 Å². The van der Waals surface area contributed by atoms with Gasteiger partial charge in [0, 0.05) is 17.2 Å². The van der Waals surface area contributed by atoms with Crippen molar-refractivity contribution in [3.05, 3.63) is 21.3 Å². The van der Waals surface area contributed by atoms with E-state index in [1.165, 1.54) is 30.0 Å². The zero-order valence-electron chi connectivity index (χ0n) is 9.98. The molecule has 0 aromatic carbocycles. The molecule has 0 saturated carbocycles. The number of thiophene rings is 1. The molecule has 1 aromatic heterocycles. The number of aliphatic hydroxyl groups excluding tert-OH is 1. The summed E-state index contributed by atoms with van der Waals surface area (Å²) in [6.45, 7) is 1.13. The van der Waals surface area contributed by atoms with E-state index in [1.807, 2.05) is 12.1 Å². The quantitative estimate of drug-likeness (QED) is 0.714. The third-order valence-corrected chi connectivity index (χ3v) is 4.51. The molecule has 0 aliphatic rings. The van der Waals surface area contributed by atoms with Gasteiger partial charge in [-0.05, 0) is 19.1 Å². The fraction of sp³-hybridized carbons (Fsp3) is 0.545. The first kappa shape index (κ1) is 15.8. The number of carbonyl (C=O) groups excluding carboxylic acids is 1. The summed E-state index contributed by atoms with van der Waals surface area (Å²) in [5.74, 6) is 0.898. The normalized spacial score (nSPS) is 14.2. The van der Waals surface area contributed by atoms with E-state index in [2.05, 4.69) is 5.32 Å². The first-order valence-corrected chi connectivity index (χ1v) is 7.70. The van der Waals surface area contributed by atoms with Crippen LogP contribution >= 0.6 is 34.7 Å². The summed E-state index contributed by atoms with van der Waals surface area (Å²) in [4.78, 5) is 12.6. The van der Waals surface area contributed by atoms with Gasteiger partial charge in [-0.25, -0.2) is 0 Å². The topological polar surface area (TPSA) is 69.6 Å². The van der Waals surface area contributed by atoms with Gasteiger partial charge in [0.25, 0.3) is 0 Å². The van der Waals surface area contributed by atoms with Gasteiger partial charge in [-0.1, -0.05) is 11.6 Å². The molecular weight excluding hydrogens is 294 g/mol. The molecule has 1 aromatic rings. The van der Waals surface area contributed by atoms with Crippen LogP contribution in [0.3, 0.4) is 0 Å². The van der Waals surface area contributed by atoms with Crippen molar-refractivity contribution < 1.29 is 15.0 Å². The molecule has 7 heteroatoms. The smallest absolute Gasteiger partial charge is 0.230 e. The van der Waals surface area contributed by atoms with Gasteiger partial charge >= 0.3 is 0 Å². The van der Waals surface area contributed by atoms with E-state index in [-0.39, 0.29) is 19.1 Å². The van der Waals surface area contributed by atoms with Crippen LogP contribution in [0.1, 0.15) is 11.8 Å². The Morgan fingerprint density at radius 3 is 2.89 bits per heavy atom. The molecule has 1 heterocycles. The Kier molecular flexibility index (Phi) is 6.45. The van der Waals surface area contributed by atoms with Gasteiger partial charge in [0.05, 0.1) is 16.7 Å². The molecule has 18 heavy (non-hydrogen) atoms. The van der Waals surface area contributed by atoms with Gasteiger partial charge in [-0.2, -0.15) is 0 Å². The first-order valence-electron chi connectivity index (χ1n) is 5.35. The summed E-state index contributed by atoms with van der Waals surface area (Å²) < 4.78 is 0.744. The van der Waals surface area contributed by atoms with Gasteiger partial charge in [-0.15, -0.1) is 23.1 Å². The second kappa shape index (κ2) is 7.35. The molecule has 0 aliphatic carbocycles. The number of rotatable bonds is 7. The van der Waals surface area contributed by atoms with Crippen molar-refractivity contribution in [2.24, 2.45) is 0 Å². The highest BCUT2D eigenvalue weighted by Gasteiger charge is 2.19. The Morgan fingerprint density at radius 2 is 2.33 bits per heavy atom. The predicted molar refractivity (Wildman–Crippen MR) is 76.2 cm³/mol. The summed E-state index contributed by atoms with van der Waals surface area (Å²) in [6, 6.07) is 3.77. The van der Waals surface area contributed by atoms with Crippen LogP contribution in [0, 0.1) is 0 Å². The number of aliphatic hydroxyl groups is 2. The molecule has 1 unspecified atom stereocenters. The van der Waals surface area contributed by atoms with Crippen molar-refractivity contribution >= 4 is 40.6 Å². The van der Waals surface area contributed by atoms with E-state index in [1.54, 1.807) is 0 Å². The molecule has 4 nitrogen and oxygen atoms in total. The number of halogens is 1. The number of amides is 1. The molecule has 1 atom stereocenters. The van der Waals surface area contributed by atoms with Crippen molar-refractivity contribution in [2.45, 2.75) is 18.3 Å². The summed E-state index contributed by atoms with van der Waals surface area (Å²) in [5.41, 5.74) is -1.26. The van der Waals surface area contributed by atoms with Gasteiger partial charge in [-0.3, -0.25) is 4.79 Å². The fourth-order valence-corrected chi connectivity index (χ4v) is 3.13. The van der Waals surface area contributed by atoms with Crippen molar-refractivity contribution in [2.75, 3.05) is 18.9 Å². The van der Waals surface area contributed by atoms with Crippen LogP contribution in [0.25, 0.3) is 0 Å². The first-order chi connectivity index (χ1) is 8.43. The lowest BCUT2D eigenvalue weighted by Gasteiger charge is -2.20. The molecule has 102 valence electrons. The maximum absolute atomic E-state index is 11.5. The molecule has 0 fully saturated rings. The molecule has 3 N–H and O–H groups in total. The molecule has 1 rings (SSSR count). The molecule has 0 spiro atoms. The number of hydrogen-bond donors (Lipinski definition) is 3. The lowest BCUT2D eigenvalue weighted by atomic mass is 10.1. The number of hydrogen-bond acceptors (Lipinski definition) is 5. The van der Waals surface area contributed by atoms with Crippen LogP contribution in [-0.4, -0.2) is 40.6 Å². The Hall–Kier alpha value is -0.270. The van der Waals surface area contributed by atoms with Crippen LogP contribution in [0.15, 0.2) is 12.1 Å². The van der Waals surface area contributed by atoms with E-state index in [0.29, 0.717) is 5.75 Å². The molecule has 0 radical (unpaired) electrons. The summed E-state index contributed by atoms with van der Waals surface area (Å²) in [7, 11) is 0. The van der Waals surface area contributed by atoms with Crippen molar-refractivity contribution in [3.8, 4) is 0 Å². The average molecular weight is 310 g/mol. The van der Waals surface area contributed by atoms with Crippen LogP contribution < -0.4 is 5.32 Å². The standard InChI is InChI=1S/C11H16ClNO3S2/c1-11(16,7-14)6-13-10(15)5-17-4-8-2-3-9(12)18-8/h2-3,14,16H,4-7H2,1H3,(H,13,15). The second-order valence-electron chi connectivity index (χ2n) is 4.13. The lowest BCUT2D eigenvalue weighted by molar-refractivity contribution is -0.120. The maximum atomic E-state index is 11.5. The minimum Gasteiger partial charge on any atom is -0.393 e. The highest BCUT2D eigenvalue weighted by Crippen LogP contribution is 2.24. The minimum atomic E-state index is -1.26. The Bertz CT molecular complexity index is 395. The van der Waals surface area contributed by atoms with Crippen LogP contribution in [0.2, 0.25) is 4.34 Å². The van der Waals surface area contributed by atoms with Gasteiger partial charge in [0.15, 0.2) is 0 Å². The SMILES string of the molecule is CC(O)(CO)CNC(=O)CSCc1ccc(Cl)s1. The summed E-state index contributed by atoms with van der Waals surface area (Å²) >= 11 is 8.78. The number of carbonyl (C=O) groups is 1. The Labute approximate surface area is 119 Å². The molecule has 1 amide bonds. The predicted octanol–water partition coefficient (Wildman–Crippen LogP) is 1.49. The van der Waals surface area contributed by atoms with Crippen molar-refractivity contribution in [3.63, 3.8) is 0 Å². The van der Waals surface area contributed by atoms with Gasteiger partial charge < -0.3 is 15.5 Å². The highest BCUT2D eigenvalue weighted by molar-refractivity contribution is 7.99.